The molecule has 12 heteroatoms. The number of benzene rings is 3. The monoisotopic (exact) mass is 506 g/mol. The van der Waals surface area contributed by atoms with Gasteiger partial charge in [0.15, 0.2) is 0 Å². The Kier molecular flexibility index (Phi) is 6.04. The van der Waals surface area contributed by atoms with Gasteiger partial charge in [-0.25, -0.2) is 12.8 Å². The van der Waals surface area contributed by atoms with E-state index in [0.29, 0.717) is 27.9 Å². The molecule has 5 aromatic rings. The van der Waals surface area contributed by atoms with Crippen LogP contribution in [0, 0.1) is 5.82 Å². The van der Waals surface area contributed by atoms with Gasteiger partial charge in [0.05, 0.1) is 10.6 Å². The van der Waals surface area contributed by atoms with Crippen molar-refractivity contribution in [2.24, 2.45) is 0 Å². The first kappa shape index (κ1) is 23.3. The van der Waals surface area contributed by atoms with Crippen molar-refractivity contribution in [1.29, 1.82) is 0 Å². The Morgan fingerprint density at radius 3 is 2.56 bits per heavy atom. The maximum absolute atomic E-state index is 13.7. The third kappa shape index (κ3) is 4.72. The van der Waals surface area contributed by atoms with Crippen molar-refractivity contribution in [2.45, 2.75) is 17.4 Å². The molecule has 0 aliphatic heterocycles. The Bertz CT molecular complexity index is 1650. The average Bonchev–Trinajstić information content (AvgIpc) is 3.52. The number of hydrogen-bond donors (Lipinski definition) is 3. The molecule has 0 aliphatic rings. The van der Waals surface area contributed by atoms with E-state index in [1.165, 1.54) is 47.3 Å². The van der Waals surface area contributed by atoms with E-state index in [2.05, 4.69) is 25.1 Å². The number of tetrazole rings is 1. The lowest BCUT2D eigenvalue weighted by atomic mass is 10.1. The molecule has 182 valence electrons. The first-order chi connectivity index (χ1) is 17.3. The summed E-state index contributed by atoms with van der Waals surface area (Å²) in [7, 11) is -4.18. The molecule has 36 heavy (non-hydrogen) atoms. The van der Waals surface area contributed by atoms with Gasteiger partial charge in [0.2, 0.25) is 15.8 Å². The first-order valence-electron chi connectivity index (χ1n) is 10.8. The Hall–Kier alpha value is -4.42. The Morgan fingerprint density at radius 1 is 1.08 bits per heavy atom. The van der Waals surface area contributed by atoms with Crippen LogP contribution in [0.2, 0.25) is 0 Å². The Morgan fingerprint density at radius 2 is 1.83 bits per heavy atom. The minimum absolute atomic E-state index is 0.127. The van der Waals surface area contributed by atoms with Gasteiger partial charge in [-0.15, -0.1) is 15.0 Å². The van der Waals surface area contributed by atoms with Crippen LogP contribution in [-0.2, 0) is 21.2 Å². The molecular formula is C24H19FN6O4S. The minimum atomic E-state index is -4.18. The van der Waals surface area contributed by atoms with Crippen LogP contribution in [0.1, 0.15) is 5.56 Å². The largest absolute Gasteiger partial charge is 0.480 e. The quantitative estimate of drug-likeness (QED) is 0.294. The number of aliphatic carboxylic acids is 1. The topological polar surface area (TPSA) is 143 Å². The molecule has 3 N–H and O–H groups in total. The molecule has 1 unspecified atom stereocenters. The van der Waals surface area contributed by atoms with Gasteiger partial charge >= 0.3 is 5.97 Å². The normalized spacial score (nSPS) is 12.6. The predicted molar refractivity (Wildman–Crippen MR) is 128 cm³/mol. The second kappa shape index (κ2) is 9.32. The summed E-state index contributed by atoms with van der Waals surface area (Å²) in [4.78, 5) is 16.0. The molecule has 1 atom stereocenters. The van der Waals surface area contributed by atoms with Gasteiger partial charge in [-0.05, 0) is 65.4 Å². The van der Waals surface area contributed by atoms with Crippen LogP contribution in [0.15, 0.2) is 83.9 Å². The number of aromatic nitrogens is 5. The number of aromatic amines is 1. The molecule has 0 saturated heterocycles. The van der Waals surface area contributed by atoms with Crippen LogP contribution >= 0.6 is 0 Å². The summed E-state index contributed by atoms with van der Waals surface area (Å²) in [6.45, 7) is 0. The number of para-hydroxylation sites is 1. The highest BCUT2D eigenvalue weighted by atomic mass is 32.2. The zero-order chi connectivity index (χ0) is 25.3. The lowest BCUT2D eigenvalue weighted by molar-refractivity contribution is -0.138. The number of carboxylic acid groups (broad SMARTS) is 1. The van der Waals surface area contributed by atoms with Crippen LogP contribution in [0.3, 0.4) is 0 Å². The molecule has 0 radical (unpaired) electrons. The highest BCUT2D eigenvalue weighted by Gasteiger charge is 2.27. The van der Waals surface area contributed by atoms with Crippen molar-refractivity contribution in [3.05, 3.63) is 90.4 Å². The van der Waals surface area contributed by atoms with Gasteiger partial charge in [-0.3, -0.25) is 4.79 Å². The fourth-order valence-electron chi connectivity index (χ4n) is 3.76. The maximum Gasteiger partial charge on any atom is 0.322 e. The second-order valence-corrected chi connectivity index (χ2v) is 9.70. The van der Waals surface area contributed by atoms with Gasteiger partial charge < -0.3 is 10.1 Å². The lowest BCUT2D eigenvalue weighted by Gasteiger charge is -2.15. The minimum Gasteiger partial charge on any atom is -0.480 e. The van der Waals surface area contributed by atoms with Gasteiger partial charge in [0, 0.05) is 29.1 Å². The Balaban J connectivity index is 1.35. The van der Waals surface area contributed by atoms with E-state index in [9.17, 15) is 22.7 Å². The smallest absolute Gasteiger partial charge is 0.322 e. The van der Waals surface area contributed by atoms with Gasteiger partial charge in [0.25, 0.3) is 0 Å². The molecule has 2 aromatic heterocycles. The fraction of sp³-hybridized carbons (Fsp3) is 0.0833. The van der Waals surface area contributed by atoms with E-state index in [1.54, 1.807) is 6.20 Å². The van der Waals surface area contributed by atoms with Crippen molar-refractivity contribution in [1.82, 2.24) is 29.9 Å². The van der Waals surface area contributed by atoms with E-state index in [1.807, 2.05) is 30.3 Å². The molecule has 0 saturated carbocycles. The zero-order valence-corrected chi connectivity index (χ0v) is 19.4. The molecule has 5 rings (SSSR count). The average molecular weight is 507 g/mol. The van der Waals surface area contributed by atoms with E-state index in [4.69, 9.17) is 0 Å². The molecule has 0 aliphatic carbocycles. The number of nitrogens with one attached hydrogen (secondary N) is 2. The summed E-state index contributed by atoms with van der Waals surface area (Å²) in [5.74, 6) is -1.54. The summed E-state index contributed by atoms with van der Waals surface area (Å²) in [6.07, 6.45) is 1.36. The summed E-state index contributed by atoms with van der Waals surface area (Å²) in [5, 5.41) is 22.5. The van der Waals surface area contributed by atoms with Crippen molar-refractivity contribution >= 4 is 26.9 Å². The number of halogens is 1. The number of carboxylic acids is 1. The number of hydrogen-bond acceptors (Lipinski definition) is 6. The summed E-state index contributed by atoms with van der Waals surface area (Å²) >= 11 is 0. The highest BCUT2D eigenvalue weighted by Crippen LogP contribution is 2.22. The number of rotatable bonds is 8. The molecule has 0 spiro atoms. The number of nitrogens with zero attached hydrogens (tertiary/aromatic N) is 4. The standard InChI is InChI=1S/C24H19FN6O4S/c25-17-8-11-21-20(13-17)16(14-26-21)12-22(24(32)33)29-36(34,35)19-9-6-15(7-10-19)23-27-30-31(28-23)18-4-2-1-3-5-18/h1-11,13-14,22,26,29H,12H2,(H,32,33). The van der Waals surface area contributed by atoms with Gasteiger partial charge in [-0.1, -0.05) is 18.2 Å². The van der Waals surface area contributed by atoms with Crippen LogP contribution in [0.25, 0.3) is 28.0 Å². The van der Waals surface area contributed by atoms with E-state index >= 15 is 0 Å². The molecule has 0 amide bonds. The highest BCUT2D eigenvalue weighted by molar-refractivity contribution is 7.89. The third-order valence-corrected chi connectivity index (χ3v) is 7.06. The summed E-state index contributed by atoms with van der Waals surface area (Å²) in [6, 6.07) is 17.5. The van der Waals surface area contributed by atoms with E-state index in [-0.39, 0.29) is 11.3 Å². The van der Waals surface area contributed by atoms with Crippen molar-refractivity contribution in [3.63, 3.8) is 0 Å². The van der Waals surface area contributed by atoms with E-state index < -0.39 is 27.9 Å². The number of carbonyl (C=O) groups is 1. The van der Waals surface area contributed by atoms with E-state index in [0.717, 1.165) is 5.69 Å². The van der Waals surface area contributed by atoms with Crippen molar-refractivity contribution < 1.29 is 22.7 Å². The van der Waals surface area contributed by atoms with Gasteiger partial charge in [-0.2, -0.15) is 4.72 Å². The molecule has 0 fully saturated rings. The maximum atomic E-state index is 13.7. The van der Waals surface area contributed by atoms with Crippen LogP contribution in [0.5, 0.6) is 0 Å². The summed E-state index contributed by atoms with van der Waals surface area (Å²) in [5.41, 5.74) is 2.35. The molecular weight excluding hydrogens is 487 g/mol. The van der Waals surface area contributed by atoms with Crippen LogP contribution < -0.4 is 4.72 Å². The van der Waals surface area contributed by atoms with Crippen molar-refractivity contribution in [3.8, 4) is 17.1 Å². The lowest BCUT2D eigenvalue weighted by Crippen LogP contribution is -2.42. The Labute approximate surface area is 204 Å². The van der Waals surface area contributed by atoms with Crippen LogP contribution in [-0.4, -0.2) is 50.7 Å². The number of H-pyrrole nitrogens is 1. The second-order valence-electron chi connectivity index (χ2n) is 7.98. The SMILES string of the molecule is O=C(O)C(Cc1c[nH]c2ccc(F)cc12)NS(=O)(=O)c1ccc(-c2nnn(-c3ccccc3)n2)cc1. The van der Waals surface area contributed by atoms with Crippen LogP contribution in [0.4, 0.5) is 4.39 Å². The molecule has 0 bridgehead atoms. The molecule has 3 aromatic carbocycles. The van der Waals surface area contributed by atoms with Gasteiger partial charge in [0.1, 0.15) is 11.9 Å². The molecule has 2 heterocycles. The fourth-order valence-corrected chi connectivity index (χ4v) is 4.95. The number of fused-ring (bicyclic) bond motifs is 1. The third-order valence-electron chi connectivity index (χ3n) is 5.57. The first-order valence-corrected chi connectivity index (χ1v) is 12.2. The summed E-state index contributed by atoms with van der Waals surface area (Å²) < 4.78 is 41.8. The van der Waals surface area contributed by atoms with Crippen molar-refractivity contribution in [2.75, 3.05) is 0 Å². The molecule has 10 nitrogen and oxygen atoms in total. The zero-order valence-electron chi connectivity index (χ0n) is 18.5. The predicted octanol–water partition coefficient (Wildman–Crippen LogP) is 2.92. The number of sulfonamides is 1.